The van der Waals surface area contributed by atoms with Crippen molar-refractivity contribution in [3.8, 4) is 22.4 Å². The van der Waals surface area contributed by atoms with Gasteiger partial charge in [0, 0.05) is 16.2 Å². The summed E-state index contributed by atoms with van der Waals surface area (Å²) in [7, 11) is 1.87. The van der Waals surface area contributed by atoms with Crippen LogP contribution in [0.1, 0.15) is 0 Å². The van der Waals surface area contributed by atoms with Gasteiger partial charge in [-0.25, -0.2) is 0 Å². The molecule has 3 rings (SSSR count). The second kappa shape index (κ2) is 5.28. The lowest BCUT2D eigenvalue weighted by Crippen LogP contribution is -1.97. The van der Waals surface area contributed by atoms with Gasteiger partial charge in [0.2, 0.25) is 0 Å². The average molecular weight is 375 g/mol. The molecule has 0 bridgehead atoms. The Kier molecular flexibility index (Phi) is 3.48. The highest BCUT2D eigenvalue weighted by Gasteiger charge is 2.17. The normalized spacial score (nSPS) is 10.7. The van der Waals surface area contributed by atoms with Crippen LogP contribution in [0.15, 0.2) is 54.6 Å². The van der Waals surface area contributed by atoms with Crippen LogP contribution in [0.2, 0.25) is 0 Å². The van der Waals surface area contributed by atoms with Crippen LogP contribution < -0.4 is 5.73 Å². The zero-order chi connectivity index (χ0) is 14.1. The van der Waals surface area contributed by atoms with Crippen molar-refractivity contribution >= 4 is 28.4 Å². The van der Waals surface area contributed by atoms with E-state index in [-0.39, 0.29) is 0 Å². The standard InChI is InChI=1S/C16H14IN3/c1-20-16(18)14(11-6-3-2-4-7-11)15(19-20)12-8-5-9-13(17)10-12/h2-10H,18H2,1H3. The molecule has 0 radical (unpaired) electrons. The molecule has 0 aliphatic carbocycles. The van der Waals surface area contributed by atoms with E-state index in [1.165, 1.54) is 3.57 Å². The van der Waals surface area contributed by atoms with Crippen LogP contribution in [0.5, 0.6) is 0 Å². The highest BCUT2D eigenvalue weighted by molar-refractivity contribution is 14.1. The predicted molar refractivity (Wildman–Crippen MR) is 91.2 cm³/mol. The molecule has 1 aromatic heterocycles. The van der Waals surface area contributed by atoms with E-state index in [0.717, 1.165) is 22.4 Å². The van der Waals surface area contributed by atoms with Crippen LogP contribution in [0.3, 0.4) is 0 Å². The third-order valence-corrected chi connectivity index (χ3v) is 3.92. The highest BCUT2D eigenvalue weighted by atomic mass is 127. The maximum atomic E-state index is 6.21. The molecule has 100 valence electrons. The molecule has 0 spiro atoms. The van der Waals surface area contributed by atoms with Crippen LogP contribution in [-0.4, -0.2) is 9.78 Å². The minimum absolute atomic E-state index is 0.685. The minimum atomic E-state index is 0.685. The summed E-state index contributed by atoms with van der Waals surface area (Å²) in [6, 6.07) is 18.4. The number of aryl methyl sites for hydroxylation is 1. The van der Waals surface area contributed by atoms with Crippen molar-refractivity contribution in [3.05, 3.63) is 58.2 Å². The Morgan fingerprint density at radius 2 is 1.70 bits per heavy atom. The van der Waals surface area contributed by atoms with Crippen molar-refractivity contribution in [2.75, 3.05) is 5.73 Å². The number of nitrogens with zero attached hydrogens (tertiary/aromatic N) is 2. The van der Waals surface area contributed by atoms with Crippen LogP contribution in [0.25, 0.3) is 22.4 Å². The fraction of sp³-hybridized carbons (Fsp3) is 0.0625. The SMILES string of the molecule is Cn1nc(-c2cccc(I)c2)c(-c2ccccc2)c1N. The number of anilines is 1. The van der Waals surface area contributed by atoms with Crippen molar-refractivity contribution in [2.24, 2.45) is 7.05 Å². The molecule has 2 N–H and O–H groups in total. The molecule has 0 unspecified atom stereocenters. The molecule has 4 heteroatoms. The van der Waals surface area contributed by atoms with Gasteiger partial charge in [0.05, 0.1) is 5.56 Å². The summed E-state index contributed by atoms with van der Waals surface area (Å²) in [5, 5.41) is 4.59. The van der Waals surface area contributed by atoms with Gasteiger partial charge in [-0.05, 0) is 40.3 Å². The van der Waals surface area contributed by atoms with E-state index in [1.54, 1.807) is 4.68 Å². The fourth-order valence-electron chi connectivity index (χ4n) is 2.26. The lowest BCUT2D eigenvalue weighted by molar-refractivity contribution is 0.782. The molecular formula is C16H14IN3. The lowest BCUT2D eigenvalue weighted by atomic mass is 10.0. The summed E-state index contributed by atoms with van der Waals surface area (Å²) in [5.74, 6) is 0.685. The molecular weight excluding hydrogens is 361 g/mol. The second-order valence-electron chi connectivity index (χ2n) is 4.61. The van der Waals surface area contributed by atoms with E-state index in [2.05, 4.69) is 58.0 Å². The van der Waals surface area contributed by atoms with Gasteiger partial charge in [-0.15, -0.1) is 0 Å². The summed E-state index contributed by atoms with van der Waals surface area (Å²) in [6.07, 6.45) is 0. The van der Waals surface area contributed by atoms with Gasteiger partial charge in [-0.1, -0.05) is 42.5 Å². The van der Waals surface area contributed by atoms with Crippen LogP contribution in [0, 0.1) is 3.57 Å². The molecule has 0 saturated carbocycles. The van der Waals surface area contributed by atoms with Gasteiger partial charge in [0.15, 0.2) is 0 Å². The second-order valence-corrected chi connectivity index (χ2v) is 5.85. The molecule has 1 heterocycles. The van der Waals surface area contributed by atoms with Gasteiger partial charge in [-0.3, -0.25) is 4.68 Å². The number of nitrogens with two attached hydrogens (primary N) is 1. The number of nitrogen functional groups attached to an aromatic ring is 1. The Balaban J connectivity index is 2.25. The topological polar surface area (TPSA) is 43.8 Å². The number of halogens is 1. The Morgan fingerprint density at radius 3 is 2.40 bits per heavy atom. The van der Waals surface area contributed by atoms with E-state index in [4.69, 9.17) is 5.73 Å². The first-order valence-electron chi connectivity index (χ1n) is 6.30. The number of rotatable bonds is 2. The summed E-state index contributed by atoms with van der Waals surface area (Å²) >= 11 is 2.31. The zero-order valence-corrected chi connectivity index (χ0v) is 13.2. The van der Waals surface area contributed by atoms with E-state index >= 15 is 0 Å². The molecule has 20 heavy (non-hydrogen) atoms. The zero-order valence-electron chi connectivity index (χ0n) is 11.0. The monoisotopic (exact) mass is 375 g/mol. The van der Waals surface area contributed by atoms with Crippen LogP contribution in [0.4, 0.5) is 5.82 Å². The lowest BCUT2D eigenvalue weighted by Gasteiger charge is -2.04. The minimum Gasteiger partial charge on any atom is -0.383 e. The number of hydrogen-bond donors (Lipinski definition) is 1. The average Bonchev–Trinajstić information content (AvgIpc) is 2.76. The highest BCUT2D eigenvalue weighted by Crippen LogP contribution is 2.35. The van der Waals surface area contributed by atoms with Gasteiger partial charge >= 0.3 is 0 Å². The number of aromatic nitrogens is 2. The smallest absolute Gasteiger partial charge is 0.129 e. The van der Waals surface area contributed by atoms with Crippen LogP contribution >= 0.6 is 22.6 Å². The Hall–Kier alpha value is -1.82. The molecule has 0 saturated heterocycles. The maximum absolute atomic E-state index is 6.21. The van der Waals surface area contributed by atoms with Crippen LogP contribution in [-0.2, 0) is 7.05 Å². The van der Waals surface area contributed by atoms with Crippen molar-refractivity contribution in [2.45, 2.75) is 0 Å². The molecule has 0 aliphatic heterocycles. The van der Waals surface area contributed by atoms with Gasteiger partial charge in [-0.2, -0.15) is 5.10 Å². The van der Waals surface area contributed by atoms with E-state index < -0.39 is 0 Å². The first-order chi connectivity index (χ1) is 9.66. The van der Waals surface area contributed by atoms with Crippen molar-refractivity contribution in [1.29, 1.82) is 0 Å². The van der Waals surface area contributed by atoms with Crippen molar-refractivity contribution < 1.29 is 0 Å². The molecule has 0 amide bonds. The summed E-state index contributed by atoms with van der Waals surface area (Å²) in [4.78, 5) is 0. The molecule has 0 fully saturated rings. The summed E-state index contributed by atoms with van der Waals surface area (Å²) in [6.45, 7) is 0. The quantitative estimate of drug-likeness (QED) is 0.690. The molecule has 3 nitrogen and oxygen atoms in total. The van der Waals surface area contributed by atoms with Gasteiger partial charge < -0.3 is 5.73 Å². The first-order valence-corrected chi connectivity index (χ1v) is 7.38. The Morgan fingerprint density at radius 1 is 1.00 bits per heavy atom. The molecule has 2 aromatic carbocycles. The number of hydrogen-bond acceptors (Lipinski definition) is 2. The van der Waals surface area contributed by atoms with Crippen molar-refractivity contribution in [3.63, 3.8) is 0 Å². The first kappa shape index (κ1) is 13.2. The van der Waals surface area contributed by atoms with Gasteiger partial charge in [0.1, 0.15) is 11.5 Å². The summed E-state index contributed by atoms with van der Waals surface area (Å²) < 4.78 is 2.92. The van der Waals surface area contributed by atoms with Crippen molar-refractivity contribution in [1.82, 2.24) is 9.78 Å². The maximum Gasteiger partial charge on any atom is 0.129 e. The van der Waals surface area contributed by atoms with E-state index in [0.29, 0.717) is 5.82 Å². The predicted octanol–water partition coefficient (Wildman–Crippen LogP) is 3.94. The van der Waals surface area contributed by atoms with Gasteiger partial charge in [0.25, 0.3) is 0 Å². The molecule has 0 atom stereocenters. The molecule has 3 aromatic rings. The fourth-order valence-corrected chi connectivity index (χ4v) is 2.81. The summed E-state index contributed by atoms with van der Waals surface area (Å²) in [5.41, 5.74) is 10.3. The van der Waals surface area contributed by atoms with E-state index in [1.807, 2.05) is 31.3 Å². The van der Waals surface area contributed by atoms with E-state index in [9.17, 15) is 0 Å². The third-order valence-electron chi connectivity index (χ3n) is 3.25. The Labute approximate surface area is 131 Å². The Bertz CT molecular complexity index is 748. The third kappa shape index (κ3) is 2.31. The molecule has 0 aliphatic rings. The number of benzene rings is 2. The largest absolute Gasteiger partial charge is 0.383 e.